The molecule has 0 aliphatic heterocycles. The van der Waals surface area contributed by atoms with E-state index in [1.54, 1.807) is 48.5 Å². The van der Waals surface area contributed by atoms with E-state index in [9.17, 15) is 13.2 Å². The number of benzene rings is 3. The van der Waals surface area contributed by atoms with Crippen molar-refractivity contribution in [2.24, 2.45) is 5.10 Å². The first-order valence-corrected chi connectivity index (χ1v) is 10.4. The van der Waals surface area contributed by atoms with Gasteiger partial charge in [0.15, 0.2) is 11.5 Å². The Bertz CT molecular complexity index is 1160. The number of hydrazone groups is 1. The first-order chi connectivity index (χ1) is 14.4. The van der Waals surface area contributed by atoms with Crippen molar-refractivity contribution in [3.8, 4) is 11.5 Å². The average molecular weight is 445 g/mol. The number of nitrogens with one attached hydrogen (secondary N) is 1. The van der Waals surface area contributed by atoms with E-state index in [0.29, 0.717) is 16.1 Å². The Morgan fingerprint density at radius 2 is 1.70 bits per heavy atom. The van der Waals surface area contributed by atoms with Gasteiger partial charge >= 0.3 is 10.1 Å². The molecule has 0 radical (unpaired) electrons. The monoisotopic (exact) mass is 444 g/mol. The predicted molar refractivity (Wildman–Crippen MR) is 114 cm³/mol. The molecule has 0 aliphatic carbocycles. The quantitative estimate of drug-likeness (QED) is 0.339. The van der Waals surface area contributed by atoms with Crippen molar-refractivity contribution in [1.29, 1.82) is 0 Å². The van der Waals surface area contributed by atoms with Crippen molar-refractivity contribution in [2.45, 2.75) is 4.90 Å². The van der Waals surface area contributed by atoms with Crippen LogP contribution in [0.25, 0.3) is 0 Å². The molecule has 0 aliphatic rings. The lowest BCUT2D eigenvalue weighted by Crippen LogP contribution is -2.17. The molecule has 1 N–H and O–H groups in total. The highest BCUT2D eigenvalue weighted by Crippen LogP contribution is 2.30. The lowest BCUT2D eigenvalue weighted by atomic mass is 10.2. The summed E-state index contributed by atoms with van der Waals surface area (Å²) in [6, 6.07) is 18.7. The molecule has 0 bridgehead atoms. The largest absolute Gasteiger partial charge is 0.493 e. The molecular weight excluding hydrogens is 428 g/mol. The summed E-state index contributed by atoms with van der Waals surface area (Å²) in [7, 11) is -2.64. The number of hydrogen-bond acceptors (Lipinski definition) is 6. The smallest absolute Gasteiger partial charge is 0.339 e. The zero-order valence-electron chi connectivity index (χ0n) is 15.8. The van der Waals surface area contributed by atoms with Crippen LogP contribution in [0, 0.1) is 0 Å². The van der Waals surface area contributed by atoms with E-state index in [4.69, 9.17) is 20.5 Å². The predicted octanol–water partition coefficient (Wildman–Crippen LogP) is 3.88. The van der Waals surface area contributed by atoms with Crippen LogP contribution in [0.5, 0.6) is 11.5 Å². The van der Waals surface area contributed by atoms with E-state index in [0.717, 1.165) is 0 Å². The van der Waals surface area contributed by atoms with Crippen LogP contribution < -0.4 is 14.3 Å². The normalized spacial score (nSPS) is 11.3. The summed E-state index contributed by atoms with van der Waals surface area (Å²) in [4.78, 5) is 12.1. The highest BCUT2D eigenvalue weighted by Gasteiger charge is 2.19. The number of amides is 1. The number of carbonyl (C=O) groups is 1. The molecule has 30 heavy (non-hydrogen) atoms. The van der Waals surface area contributed by atoms with Gasteiger partial charge in [-0.25, -0.2) is 5.43 Å². The Labute approximate surface area is 179 Å². The molecule has 0 atom stereocenters. The minimum absolute atomic E-state index is 0.00525. The molecule has 0 fully saturated rings. The number of methoxy groups -OCH3 is 1. The molecule has 0 unspecified atom stereocenters. The van der Waals surface area contributed by atoms with E-state index in [1.165, 1.54) is 37.6 Å². The maximum atomic E-state index is 12.5. The van der Waals surface area contributed by atoms with Crippen molar-refractivity contribution < 1.29 is 22.1 Å². The molecule has 7 nitrogen and oxygen atoms in total. The number of hydrogen-bond donors (Lipinski definition) is 1. The molecule has 0 aromatic heterocycles. The summed E-state index contributed by atoms with van der Waals surface area (Å²) in [6.45, 7) is 0. The molecule has 0 spiro atoms. The van der Waals surface area contributed by atoms with E-state index in [1.807, 2.05) is 0 Å². The highest BCUT2D eigenvalue weighted by atomic mass is 35.5. The lowest BCUT2D eigenvalue weighted by Gasteiger charge is -2.11. The van der Waals surface area contributed by atoms with E-state index >= 15 is 0 Å². The minimum atomic E-state index is -4.04. The van der Waals surface area contributed by atoms with Crippen LogP contribution >= 0.6 is 11.6 Å². The standard InChI is InChI=1S/C21H17ClN2O5S/c1-28-19-12-7-15(14-23-24-21(25)16-8-10-17(22)11-9-16)13-20(19)29-30(26,27)18-5-3-2-4-6-18/h2-14H,1H3,(H,24,25)/b23-14-. The van der Waals surface area contributed by atoms with Gasteiger partial charge < -0.3 is 8.92 Å². The van der Waals surface area contributed by atoms with E-state index < -0.39 is 16.0 Å². The summed E-state index contributed by atoms with van der Waals surface area (Å²) >= 11 is 5.80. The number of ether oxygens (including phenoxy) is 1. The molecule has 3 aromatic rings. The fourth-order valence-electron chi connectivity index (χ4n) is 2.42. The maximum absolute atomic E-state index is 12.5. The van der Waals surface area contributed by atoms with Crippen molar-refractivity contribution in [3.05, 3.63) is 88.9 Å². The van der Waals surface area contributed by atoms with Crippen molar-refractivity contribution in [3.63, 3.8) is 0 Å². The van der Waals surface area contributed by atoms with Crippen LogP contribution in [0.2, 0.25) is 5.02 Å². The number of nitrogens with zero attached hydrogens (tertiary/aromatic N) is 1. The van der Waals surface area contributed by atoms with Gasteiger partial charge in [-0.05, 0) is 60.2 Å². The lowest BCUT2D eigenvalue weighted by molar-refractivity contribution is 0.0955. The third kappa shape index (κ3) is 5.37. The van der Waals surface area contributed by atoms with Crippen LogP contribution in [0.15, 0.2) is 82.8 Å². The van der Waals surface area contributed by atoms with Gasteiger partial charge in [0, 0.05) is 10.6 Å². The summed E-state index contributed by atoms with van der Waals surface area (Å²) in [5, 5.41) is 4.41. The Kier molecular flexibility index (Phi) is 6.71. The summed E-state index contributed by atoms with van der Waals surface area (Å²) in [5.74, 6) is -0.189. The van der Waals surface area contributed by atoms with Crippen LogP contribution in [-0.4, -0.2) is 27.6 Å². The molecule has 154 valence electrons. The van der Waals surface area contributed by atoms with E-state index in [-0.39, 0.29) is 16.4 Å². The topological polar surface area (TPSA) is 94.1 Å². The molecule has 0 saturated heterocycles. The Morgan fingerprint density at radius 1 is 1.00 bits per heavy atom. The van der Waals surface area contributed by atoms with Gasteiger partial charge in [-0.1, -0.05) is 29.8 Å². The number of halogens is 1. The average Bonchev–Trinajstić information content (AvgIpc) is 2.75. The van der Waals surface area contributed by atoms with Crippen LogP contribution in [0.1, 0.15) is 15.9 Å². The van der Waals surface area contributed by atoms with Crippen molar-refractivity contribution in [2.75, 3.05) is 7.11 Å². The van der Waals surface area contributed by atoms with Gasteiger partial charge in [0.1, 0.15) is 4.90 Å². The van der Waals surface area contributed by atoms with Gasteiger partial charge in [0.05, 0.1) is 13.3 Å². The second-order valence-electron chi connectivity index (χ2n) is 5.97. The fourth-order valence-corrected chi connectivity index (χ4v) is 3.50. The van der Waals surface area contributed by atoms with Crippen LogP contribution in [0.3, 0.4) is 0 Å². The first kappa shape index (κ1) is 21.4. The third-order valence-electron chi connectivity index (χ3n) is 3.91. The minimum Gasteiger partial charge on any atom is -0.493 e. The highest BCUT2D eigenvalue weighted by molar-refractivity contribution is 7.87. The summed E-state index contributed by atoms with van der Waals surface area (Å²) in [5.41, 5.74) is 3.27. The molecular formula is C21H17ClN2O5S. The molecule has 0 saturated carbocycles. The number of carbonyl (C=O) groups excluding carboxylic acids is 1. The fraction of sp³-hybridized carbons (Fsp3) is 0.0476. The Balaban J connectivity index is 1.76. The Morgan fingerprint density at radius 3 is 2.37 bits per heavy atom. The zero-order chi connectivity index (χ0) is 21.6. The molecule has 3 rings (SSSR count). The Hall–Kier alpha value is -3.36. The first-order valence-electron chi connectivity index (χ1n) is 8.65. The van der Waals surface area contributed by atoms with Gasteiger partial charge in [0.25, 0.3) is 5.91 Å². The molecule has 3 aromatic carbocycles. The molecule has 1 amide bonds. The summed E-state index contributed by atoms with van der Waals surface area (Å²) < 4.78 is 35.4. The molecule has 9 heteroatoms. The van der Waals surface area contributed by atoms with Gasteiger partial charge in [-0.3, -0.25) is 4.79 Å². The van der Waals surface area contributed by atoms with Crippen LogP contribution in [0.4, 0.5) is 0 Å². The second-order valence-corrected chi connectivity index (χ2v) is 7.95. The van der Waals surface area contributed by atoms with Gasteiger partial charge in [0.2, 0.25) is 0 Å². The van der Waals surface area contributed by atoms with Crippen molar-refractivity contribution in [1.82, 2.24) is 5.43 Å². The maximum Gasteiger partial charge on any atom is 0.339 e. The van der Waals surface area contributed by atoms with Crippen molar-refractivity contribution >= 4 is 33.8 Å². The van der Waals surface area contributed by atoms with Gasteiger partial charge in [-0.2, -0.15) is 13.5 Å². The SMILES string of the molecule is COc1ccc(/C=N\NC(=O)c2ccc(Cl)cc2)cc1OS(=O)(=O)c1ccccc1. The van der Waals surface area contributed by atoms with Gasteiger partial charge in [-0.15, -0.1) is 0 Å². The number of rotatable bonds is 7. The molecule has 0 heterocycles. The second kappa shape index (κ2) is 9.43. The van der Waals surface area contributed by atoms with Crippen LogP contribution in [-0.2, 0) is 10.1 Å². The summed E-state index contributed by atoms with van der Waals surface area (Å²) in [6.07, 6.45) is 1.36. The zero-order valence-corrected chi connectivity index (χ0v) is 17.4. The van der Waals surface area contributed by atoms with E-state index in [2.05, 4.69) is 10.5 Å². The third-order valence-corrected chi connectivity index (χ3v) is 5.41.